The molecule has 2 aromatic rings. The maximum atomic E-state index is 12.7. The second kappa shape index (κ2) is 10.6. The second-order valence-electron chi connectivity index (χ2n) is 8.06. The summed E-state index contributed by atoms with van der Waals surface area (Å²) in [6, 6.07) is 10.9. The van der Waals surface area contributed by atoms with Gasteiger partial charge in [0.2, 0.25) is 5.91 Å². The number of carbonyl (C=O) groups is 2. The van der Waals surface area contributed by atoms with Crippen molar-refractivity contribution in [1.29, 1.82) is 0 Å². The first-order valence-electron chi connectivity index (χ1n) is 10.1. The van der Waals surface area contributed by atoms with Crippen LogP contribution >= 0.6 is 23.2 Å². The van der Waals surface area contributed by atoms with Gasteiger partial charge in [-0.15, -0.1) is 0 Å². The molecule has 0 atom stereocenters. The Bertz CT molecular complexity index is 936. The molecule has 2 N–H and O–H groups in total. The van der Waals surface area contributed by atoms with Crippen molar-refractivity contribution >= 4 is 35.4 Å². The maximum absolute atomic E-state index is 12.7. The van der Waals surface area contributed by atoms with Gasteiger partial charge in [0.05, 0.1) is 16.7 Å². The smallest absolute Gasteiger partial charge is 0.246 e. The first kappa shape index (κ1) is 24.5. The van der Waals surface area contributed by atoms with Crippen LogP contribution in [-0.4, -0.2) is 43.5 Å². The molecule has 5 rings (SSSR count). The largest absolute Gasteiger partial charge is 0.486 e. The number of benzene rings is 2. The van der Waals surface area contributed by atoms with Crippen LogP contribution in [0.15, 0.2) is 42.5 Å². The molecule has 172 valence electrons. The molecular formula is C23H25Cl2FN2O4. The Labute approximate surface area is 196 Å². The van der Waals surface area contributed by atoms with E-state index in [1.807, 2.05) is 7.05 Å². The molecule has 3 aliphatic carbocycles. The van der Waals surface area contributed by atoms with E-state index < -0.39 is 0 Å². The monoisotopic (exact) mass is 482 g/mol. The lowest BCUT2D eigenvalue weighted by atomic mass is 9.44. The van der Waals surface area contributed by atoms with E-state index >= 15 is 0 Å². The van der Waals surface area contributed by atoms with E-state index in [2.05, 4.69) is 10.6 Å². The van der Waals surface area contributed by atoms with Crippen molar-refractivity contribution in [2.75, 3.05) is 20.3 Å². The summed E-state index contributed by atoms with van der Waals surface area (Å²) in [6.07, 6.45) is 3.71. The summed E-state index contributed by atoms with van der Waals surface area (Å²) in [7, 11) is 1.97. The van der Waals surface area contributed by atoms with Gasteiger partial charge < -0.3 is 20.1 Å². The van der Waals surface area contributed by atoms with E-state index in [0.717, 1.165) is 24.8 Å². The Morgan fingerprint density at radius 3 is 2.38 bits per heavy atom. The van der Waals surface area contributed by atoms with Gasteiger partial charge in [-0.05, 0) is 56.1 Å². The summed E-state index contributed by atoms with van der Waals surface area (Å²) < 4.78 is 23.1. The predicted octanol–water partition coefficient (Wildman–Crippen LogP) is 3.92. The minimum atomic E-state index is -0.270. The van der Waals surface area contributed by atoms with Crippen molar-refractivity contribution in [3.05, 3.63) is 63.9 Å². The molecule has 0 unspecified atom stereocenters. The van der Waals surface area contributed by atoms with E-state index in [9.17, 15) is 14.0 Å². The molecule has 0 aromatic heterocycles. The Kier molecular flexibility index (Phi) is 8.11. The Morgan fingerprint density at radius 2 is 1.78 bits per heavy atom. The zero-order valence-electron chi connectivity index (χ0n) is 17.6. The van der Waals surface area contributed by atoms with Crippen molar-refractivity contribution in [2.24, 2.45) is 0 Å². The van der Waals surface area contributed by atoms with Crippen molar-refractivity contribution in [1.82, 2.24) is 10.6 Å². The number of aldehydes is 1. The highest BCUT2D eigenvalue weighted by atomic mass is 35.5. The molecule has 3 saturated carbocycles. The third kappa shape index (κ3) is 6.19. The minimum absolute atomic E-state index is 0.0132. The summed E-state index contributed by atoms with van der Waals surface area (Å²) in [5.74, 6) is 0.196. The van der Waals surface area contributed by atoms with Crippen LogP contribution in [0.3, 0.4) is 0 Å². The number of hydrogen-bond acceptors (Lipinski definition) is 5. The fraction of sp³-hybridized carbons (Fsp3) is 0.391. The number of nitrogens with one attached hydrogen (secondary N) is 2. The van der Waals surface area contributed by atoms with Crippen molar-refractivity contribution in [3.8, 4) is 5.75 Å². The molecule has 0 aliphatic heterocycles. The molecule has 3 aliphatic rings. The molecule has 9 heteroatoms. The van der Waals surface area contributed by atoms with Crippen molar-refractivity contribution in [3.63, 3.8) is 0 Å². The van der Waals surface area contributed by atoms with Crippen LogP contribution in [0.1, 0.15) is 24.8 Å². The summed E-state index contributed by atoms with van der Waals surface area (Å²) in [6.45, 7) is 0.394. The normalized spacial score (nSPS) is 22.5. The molecule has 2 aromatic carbocycles. The Hall–Kier alpha value is -2.19. The van der Waals surface area contributed by atoms with Crippen molar-refractivity contribution in [2.45, 2.75) is 36.9 Å². The number of rotatable bonds is 9. The summed E-state index contributed by atoms with van der Waals surface area (Å²) >= 11 is 11.4. The van der Waals surface area contributed by atoms with Crippen LogP contribution in [0.4, 0.5) is 4.39 Å². The summed E-state index contributed by atoms with van der Waals surface area (Å²) in [5.41, 5.74) is 1.15. The summed E-state index contributed by atoms with van der Waals surface area (Å²) in [4.78, 5) is 21.7. The molecule has 0 spiro atoms. The van der Waals surface area contributed by atoms with E-state index in [0.29, 0.717) is 28.7 Å². The molecule has 1 amide bonds. The zero-order valence-corrected chi connectivity index (χ0v) is 19.1. The SMILES string of the molecule is CNC12CC(NC(=O)COCc3ccc(F)cc3)(C1)C2.O=CCOc1ccc(Cl)c(Cl)c1. The van der Waals surface area contributed by atoms with Crippen LogP contribution in [0.25, 0.3) is 0 Å². The van der Waals surface area contributed by atoms with Gasteiger partial charge in [-0.25, -0.2) is 4.39 Å². The molecule has 0 radical (unpaired) electrons. The van der Waals surface area contributed by atoms with Crippen LogP contribution in [-0.2, 0) is 20.9 Å². The van der Waals surface area contributed by atoms with Crippen LogP contribution < -0.4 is 15.4 Å². The van der Waals surface area contributed by atoms with Gasteiger partial charge >= 0.3 is 0 Å². The number of hydrogen-bond donors (Lipinski definition) is 2. The first-order valence-corrected chi connectivity index (χ1v) is 10.9. The van der Waals surface area contributed by atoms with Gasteiger partial charge in [0, 0.05) is 17.1 Å². The van der Waals surface area contributed by atoms with Gasteiger partial charge in [0.25, 0.3) is 0 Å². The maximum Gasteiger partial charge on any atom is 0.246 e. The van der Waals surface area contributed by atoms with E-state index in [4.69, 9.17) is 32.7 Å². The quantitative estimate of drug-likeness (QED) is 0.529. The van der Waals surface area contributed by atoms with Gasteiger partial charge in [-0.3, -0.25) is 9.59 Å². The topological polar surface area (TPSA) is 76.7 Å². The fourth-order valence-electron chi connectivity index (χ4n) is 4.06. The molecule has 32 heavy (non-hydrogen) atoms. The molecular weight excluding hydrogens is 458 g/mol. The third-order valence-corrected chi connectivity index (χ3v) is 6.33. The highest BCUT2D eigenvalue weighted by Crippen LogP contribution is 2.60. The van der Waals surface area contributed by atoms with Crippen LogP contribution in [0.5, 0.6) is 5.75 Å². The average Bonchev–Trinajstić information content (AvgIpc) is 2.72. The minimum Gasteiger partial charge on any atom is -0.486 e. The molecule has 0 heterocycles. The third-order valence-electron chi connectivity index (χ3n) is 5.59. The lowest BCUT2D eigenvalue weighted by molar-refractivity contribution is -0.144. The Balaban J connectivity index is 0.000000207. The Morgan fingerprint density at radius 1 is 1.09 bits per heavy atom. The summed E-state index contributed by atoms with van der Waals surface area (Å²) in [5, 5.41) is 7.23. The van der Waals surface area contributed by atoms with Gasteiger partial charge in [-0.2, -0.15) is 0 Å². The van der Waals surface area contributed by atoms with Crippen LogP contribution in [0.2, 0.25) is 10.0 Å². The second-order valence-corrected chi connectivity index (χ2v) is 8.88. The van der Waals surface area contributed by atoms with Crippen LogP contribution in [0, 0.1) is 5.82 Å². The highest BCUT2D eigenvalue weighted by Gasteiger charge is 2.67. The van der Waals surface area contributed by atoms with Gasteiger partial charge in [-0.1, -0.05) is 35.3 Å². The first-order chi connectivity index (χ1) is 15.3. The molecule has 2 bridgehead atoms. The number of carbonyl (C=O) groups excluding carboxylic acids is 2. The van der Waals surface area contributed by atoms with E-state index in [-0.39, 0.29) is 36.0 Å². The van der Waals surface area contributed by atoms with Gasteiger partial charge in [0.15, 0.2) is 6.29 Å². The predicted molar refractivity (Wildman–Crippen MR) is 121 cm³/mol. The lowest BCUT2D eigenvalue weighted by Gasteiger charge is -2.70. The fourth-order valence-corrected chi connectivity index (χ4v) is 4.34. The molecule has 6 nitrogen and oxygen atoms in total. The number of halogens is 3. The lowest BCUT2D eigenvalue weighted by Crippen LogP contribution is -2.83. The molecule has 0 saturated heterocycles. The highest BCUT2D eigenvalue weighted by molar-refractivity contribution is 6.42. The van der Waals surface area contributed by atoms with E-state index in [1.165, 1.54) is 12.1 Å². The van der Waals surface area contributed by atoms with E-state index in [1.54, 1.807) is 30.3 Å². The number of amides is 1. The van der Waals surface area contributed by atoms with Gasteiger partial charge in [0.1, 0.15) is 24.8 Å². The van der Waals surface area contributed by atoms with Crippen molar-refractivity contribution < 1.29 is 23.5 Å². The standard InChI is InChI=1S/C15H19FN2O2.C8H6Cl2O2/c1-17-14-8-15(9-14,10-14)18-13(19)7-20-6-11-2-4-12(16)5-3-11;9-7-2-1-6(5-8(7)10)12-4-3-11/h2-5,17H,6-10H2,1H3,(H,18,19);1-3,5H,4H2. The number of ether oxygens (including phenoxy) is 2. The average molecular weight is 483 g/mol. The molecule has 3 fully saturated rings. The zero-order chi connectivity index (χ0) is 23.2.